The summed E-state index contributed by atoms with van der Waals surface area (Å²) in [4.78, 5) is 15.0. The monoisotopic (exact) mass is 302 g/mol. The van der Waals surface area contributed by atoms with E-state index >= 15 is 0 Å². The zero-order chi connectivity index (χ0) is 10.3. The molecule has 2 rings (SSSR count). The topological polar surface area (TPSA) is 55.1 Å². The highest BCUT2D eigenvalue weighted by Crippen LogP contribution is 2.25. The summed E-state index contributed by atoms with van der Waals surface area (Å²) in [5, 5.41) is 9.88. The van der Waals surface area contributed by atoms with Gasteiger partial charge in [-0.15, -0.1) is 0 Å². The van der Waals surface area contributed by atoms with Crippen LogP contribution in [0.3, 0.4) is 0 Å². The van der Waals surface area contributed by atoms with E-state index in [0.717, 1.165) is 8.96 Å². The summed E-state index contributed by atoms with van der Waals surface area (Å²) in [6, 6.07) is 3.67. The van der Waals surface area contributed by atoms with E-state index < -0.39 is 6.09 Å². The second kappa shape index (κ2) is 3.23. The summed E-state index contributed by atoms with van der Waals surface area (Å²) in [5.74, 6) is 0. The smallest absolute Gasteiger partial charge is 0.417 e. The Balaban J connectivity index is 2.95. The van der Waals surface area contributed by atoms with Crippen LogP contribution in [0.4, 0.5) is 4.79 Å². The average Bonchev–Trinajstić information content (AvgIpc) is 2.41. The second-order valence-corrected chi connectivity index (χ2v) is 3.97. The van der Waals surface area contributed by atoms with Gasteiger partial charge in [0.15, 0.2) is 5.65 Å². The van der Waals surface area contributed by atoms with Crippen molar-refractivity contribution in [3.63, 3.8) is 0 Å². The van der Waals surface area contributed by atoms with Crippen LogP contribution in [-0.2, 0) is 0 Å². The fourth-order valence-electron chi connectivity index (χ4n) is 1.43. The van der Waals surface area contributed by atoms with Crippen LogP contribution in [0.1, 0.15) is 5.69 Å². The van der Waals surface area contributed by atoms with E-state index in [9.17, 15) is 4.79 Å². The highest BCUT2D eigenvalue weighted by Gasteiger charge is 2.16. The van der Waals surface area contributed by atoms with Crippen molar-refractivity contribution in [2.75, 3.05) is 0 Å². The third kappa shape index (κ3) is 1.19. The van der Waals surface area contributed by atoms with E-state index in [1.807, 2.05) is 6.07 Å². The Morgan fingerprint density at radius 3 is 3.00 bits per heavy atom. The van der Waals surface area contributed by atoms with E-state index in [4.69, 9.17) is 5.11 Å². The van der Waals surface area contributed by atoms with Gasteiger partial charge in [-0.05, 0) is 41.6 Å². The Morgan fingerprint density at radius 2 is 2.36 bits per heavy atom. The molecule has 0 aliphatic heterocycles. The van der Waals surface area contributed by atoms with E-state index in [2.05, 4.69) is 27.6 Å². The van der Waals surface area contributed by atoms with Crippen molar-refractivity contribution < 1.29 is 9.90 Å². The zero-order valence-corrected chi connectivity index (χ0v) is 9.52. The molecule has 0 bridgehead atoms. The molecule has 0 saturated heterocycles. The first kappa shape index (κ1) is 9.45. The molecule has 0 spiro atoms. The molecule has 0 unspecified atom stereocenters. The maximum Gasteiger partial charge on any atom is 0.417 e. The average molecular weight is 302 g/mol. The number of halogens is 1. The number of rotatable bonds is 0. The highest BCUT2D eigenvalue weighted by atomic mass is 127. The normalized spacial score (nSPS) is 10.7. The van der Waals surface area contributed by atoms with Crippen molar-refractivity contribution in [3.05, 3.63) is 27.6 Å². The molecule has 1 N–H and O–H groups in total. The predicted molar refractivity (Wildman–Crippen MR) is 60.6 cm³/mol. The van der Waals surface area contributed by atoms with Gasteiger partial charge in [0.1, 0.15) is 0 Å². The lowest BCUT2D eigenvalue weighted by atomic mass is 10.3. The molecule has 5 heteroatoms. The molecular weight excluding hydrogens is 295 g/mol. The van der Waals surface area contributed by atoms with Crippen LogP contribution < -0.4 is 0 Å². The molecule has 0 amide bonds. The van der Waals surface area contributed by atoms with Gasteiger partial charge in [0.2, 0.25) is 0 Å². The van der Waals surface area contributed by atoms with Gasteiger partial charge in [0, 0.05) is 20.8 Å². The van der Waals surface area contributed by atoms with Gasteiger partial charge in [0.25, 0.3) is 0 Å². The molecule has 0 saturated carbocycles. The predicted octanol–water partition coefficient (Wildman–Crippen LogP) is 2.48. The maximum absolute atomic E-state index is 11.0. The lowest BCUT2D eigenvalue weighted by molar-refractivity contribution is 0.197. The van der Waals surface area contributed by atoms with Crippen molar-refractivity contribution in [2.45, 2.75) is 6.92 Å². The Labute approximate surface area is 93.7 Å². The van der Waals surface area contributed by atoms with Crippen molar-refractivity contribution >= 4 is 39.7 Å². The maximum atomic E-state index is 11.0. The number of nitrogens with zero attached hydrogens (tertiary/aromatic N) is 2. The third-order valence-corrected chi connectivity index (χ3v) is 3.44. The molecule has 14 heavy (non-hydrogen) atoms. The minimum Gasteiger partial charge on any atom is -0.464 e. The third-order valence-electron chi connectivity index (χ3n) is 2.08. The standard InChI is InChI=1S/C9H7IN2O2/c1-5-7(10)6-3-2-4-11-8(6)12(5)9(13)14/h2-4H,1H3,(H,13,14). The second-order valence-electron chi connectivity index (χ2n) is 2.89. The Morgan fingerprint density at radius 1 is 1.64 bits per heavy atom. The van der Waals surface area contributed by atoms with E-state index in [-0.39, 0.29) is 0 Å². The molecule has 0 fully saturated rings. The summed E-state index contributed by atoms with van der Waals surface area (Å²) >= 11 is 2.13. The van der Waals surface area contributed by atoms with E-state index in [1.54, 1.807) is 19.2 Å². The van der Waals surface area contributed by atoms with Crippen LogP contribution >= 0.6 is 22.6 Å². The van der Waals surface area contributed by atoms with Crippen LogP contribution in [0.5, 0.6) is 0 Å². The van der Waals surface area contributed by atoms with Gasteiger partial charge in [-0.1, -0.05) is 0 Å². The minimum absolute atomic E-state index is 0.502. The van der Waals surface area contributed by atoms with Crippen molar-refractivity contribution in [2.24, 2.45) is 0 Å². The van der Waals surface area contributed by atoms with Crippen LogP contribution in [0, 0.1) is 10.5 Å². The van der Waals surface area contributed by atoms with Crippen molar-refractivity contribution in [1.29, 1.82) is 0 Å². The molecule has 4 nitrogen and oxygen atoms in total. The first-order valence-electron chi connectivity index (χ1n) is 3.97. The summed E-state index contributed by atoms with van der Waals surface area (Å²) < 4.78 is 2.14. The van der Waals surface area contributed by atoms with Crippen molar-refractivity contribution in [1.82, 2.24) is 9.55 Å². The lowest BCUT2D eigenvalue weighted by Crippen LogP contribution is -2.10. The van der Waals surface area contributed by atoms with Crippen LogP contribution in [0.15, 0.2) is 18.3 Å². The van der Waals surface area contributed by atoms with Gasteiger partial charge in [-0.3, -0.25) is 0 Å². The molecule has 2 heterocycles. The Hall–Kier alpha value is -1.11. The summed E-state index contributed by atoms with van der Waals surface area (Å²) in [5.41, 5.74) is 1.22. The molecule has 0 atom stereocenters. The Bertz CT molecular complexity index is 519. The quantitative estimate of drug-likeness (QED) is 0.761. The molecule has 0 aliphatic carbocycles. The minimum atomic E-state index is -0.992. The van der Waals surface area contributed by atoms with Crippen molar-refractivity contribution in [3.8, 4) is 0 Å². The zero-order valence-electron chi connectivity index (χ0n) is 7.36. The fourth-order valence-corrected chi connectivity index (χ4v) is 2.09. The lowest BCUT2D eigenvalue weighted by Gasteiger charge is -1.98. The van der Waals surface area contributed by atoms with Gasteiger partial charge in [-0.2, -0.15) is 0 Å². The van der Waals surface area contributed by atoms with Crippen LogP contribution in [-0.4, -0.2) is 20.8 Å². The first-order valence-corrected chi connectivity index (χ1v) is 5.05. The number of carbonyl (C=O) groups is 1. The summed E-state index contributed by atoms with van der Waals surface area (Å²) in [6.45, 7) is 1.78. The molecule has 0 radical (unpaired) electrons. The largest absolute Gasteiger partial charge is 0.464 e. The van der Waals surface area contributed by atoms with Gasteiger partial charge >= 0.3 is 6.09 Å². The molecule has 2 aromatic rings. The van der Waals surface area contributed by atoms with Crippen LogP contribution in [0.2, 0.25) is 0 Å². The molecule has 0 aliphatic rings. The highest BCUT2D eigenvalue weighted by molar-refractivity contribution is 14.1. The van der Waals surface area contributed by atoms with Crippen LogP contribution in [0.25, 0.3) is 11.0 Å². The molecule has 0 aromatic carbocycles. The fraction of sp³-hybridized carbons (Fsp3) is 0.111. The summed E-state index contributed by atoms with van der Waals surface area (Å²) in [6.07, 6.45) is 0.603. The molecule has 2 aromatic heterocycles. The van der Waals surface area contributed by atoms with Gasteiger partial charge in [0.05, 0.1) is 0 Å². The molecular formula is C9H7IN2O2. The molecule has 72 valence electrons. The summed E-state index contributed by atoms with van der Waals surface area (Å²) in [7, 11) is 0. The number of fused-ring (bicyclic) bond motifs is 1. The number of aromatic nitrogens is 2. The first-order chi connectivity index (χ1) is 6.63. The van der Waals surface area contributed by atoms with Gasteiger partial charge in [-0.25, -0.2) is 14.3 Å². The van der Waals surface area contributed by atoms with E-state index in [1.165, 1.54) is 4.57 Å². The number of hydrogen-bond acceptors (Lipinski definition) is 2. The van der Waals surface area contributed by atoms with Gasteiger partial charge < -0.3 is 5.11 Å². The number of hydrogen-bond donors (Lipinski definition) is 1. The number of carboxylic acid groups (broad SMARTS) is 1. The Kier molecular flexibility index (Phi) is 2.18. The SMILES string of the molecule is Cc1c(I)c2cccnc2n1C(=O)O. The van der Waals surface area contributed by atoms with E-state index in [0.29, 0.717) is 11.3 Å². The number of pyridine rings is 1.